The maximum Gasteiger partial charge on any atom is 0.139 e. The molecular formula is C7H8N6. The van der Waals surface area contributed by atoms with Crippen molar-refractivity contribution in [2.75, 3.05) is 0 Å². The zero-order chi connectivity index (χ0) is 9.10. The first-order valence-electron chi connectivity index (χ1n) is 3.76. The van der Waals surface area contributed by atoms with Crippen LogP contribution in [0.3, 0.4) is 0 Å². The lowest BCUT2D eigenvalue weighted by molar-refractivity contribution is 0.737. The number of nitrogens with zero attached hydrogens (tertiary/aromatic N) is 5. The van der Waals surface area contributed by atoms with Crippen LogP contribution in [0, 0.1) is 0 Å². The SMILES string of the molecule is C/C(=N/n1cncn1)c1ccn[nH]1. The summed E-state index contributed by atoms with van der Waals surface area (Å²) in [6, 6.07) is 1.84. The molecule has 0 aromatic carbocycles. The molecule has 6 heteroatoms. The van der Waals surface area contributed by atoms with E-state index in [1.807, 2.05) is 13.0 Å². The second-order valence-electron chi connectivity index (χ2n) is 2.47. The van der Waals surface area contributed by atoms with Crippen LogP contribution in [0.1, 0.15) is 12.6 Å². The van der Waals surface area contributed by atoms with E-state index in [0.717, 1.165) is 11.4 Å². The van der Waals surface area contributed by atoms with E-state index in [1.54, 1.807) is 6.20 Å². The molecular weight excluding hydrogens is 168 g/mol. The molecule has 0 aliphatic carbocycles. The van der Waals surface area contributed by atoms with Gasteiger partial charge in [-0.2, -0.15) is 10.2 Å². The van der Waals surface area contributed by atoms with Crippen molar-refractivity contribution in [2.24, 2.45) is 5.10 Å². The number of hydrogen-bond donors (Lipinski definition) is 1. The molecule has 0 unspecified atom stereocenters. The van der Waals surface area contributed by atoms with E-state index in [9.17, 15) is 0 Å². The van der Waals surface area contributed by atoms with E-state index >= 15 is 0 Å². The van der Waals surface area contributed by atoms with Crippen molar-refractivity contribution in [1.82, 2.24) is 25.1 Å². The second-order valence-corrected chi connectivity index (χ2v) is 2.47. The van der Waals surface area contributed by atoms with Gasteiger partial charge in [0.05, 0.1) is 11.4 Å². The van der Waals surface area contributed by atoms with Crippen molar-refractivity contribution in [3.05, 3.63) is 30.6 Å². The Labute approximate surface area is 74.3 Å². The number of nitrogens with one attached hydrogen (secondary N) is 1. The average molecular weight is 176 g/mol. The Morgan fingerprint density at radius 1 is 1.62 bits per heavy atom. The van der Waals surface area contributed by atoms with E-state index in [2.05, 4.69) is 25.4 Å². The van der Waals surface area contributed by atoms with Gasteiger partial charge in [-0.05, 0) is 13.0 Å². The Bertz CT molecular complexity index is 385. The summed E-state index contributed by atoms with van der Waals surface area (Å²) in [5, 5.41) is 14.6. The first-order chi connectivity index (χ1) is 6.36. The first-order valence-corrected chi connectivity index (χ1v) is 3.76. The summed E-state index contributed by atoms with van der Waals surface area (Å²) in [5.41, 5.74) is 1.68. The molecule has 2 aromatic rings. The largest absolute Gasteiger partial charge is 0.277 e. The quantitative estimate of drug-likeness (QED) is 0.668. The molecule has 1 N–H and O–H groups in total. The Balaban J connectivity index is 2.27. The molecule has 2 rings (SSSR count). The number of H-pyrrole nitrogens is 1. The maximum atomic E-state index is 4.15. The van der Waals surface area contributed by atoms with Crippen LogP contribution in [0.25, 0.3) is 0 Å². The van der Waals surface area contributed by atoms with Crippen LogP contribution >= 0.6 is 0 Å². The zero-order valence-corrected chi connectivity index (χ0v) is 7.05. The summed E-state index contributed by atoms with van der Waals surface area (Å²) in [4.78, 5) is 5.17. The van der Waals surface area contributed by atoms with Crippen molar-refractivity contribution >= 4 is 5.71 Å². The van der Waals surface area contributed by atoms with Gasteiger partial charge in [-0.15, -0.1) is 9.89 Å². The number of aromatic nitrogens is 5. The second kappa shape index (κ2) is 3.18. The fourth-order valence-electron chi connectivity index (χ4n) is 0.919. The summed E-state index contributed by atoms with van der Waals surface area (Å²) in [7, 11) is 0. The molecule has 66 valence electrons. The van der Waals surface area contributed by atoms with Crippen molar-refractivity contribution in [2.45, 2.75) is 6.92 Å². The van der Waals surface area contributed by atoms with Crippen LogP contribution in [0.4, 0.5) is 0 Å². The minimum Gasteiger partial charge on any atom is -0.277 e. The lowest BCUT2D eigenvalue weighted by Crippen LogP contribution is -2.00. The summed E-state index contributed by atoms with van der Waals surface area (Å²) < 4.78 is 0. The lowest BCUT2D eigenvalue weighted by atomic mass is 10.3. The van der Waals surface area contributed by atoms with E-state index in [0.29, 0.717) is 0 Å². The topological polar surface area (TPSA) is 71.8 Å². The minimum absolute atomic E-state index is 0.808. The molecule has 0 aliphatic rings. The van der Waals surface area contributed by atoms with E-state index < -0.39 is 0 Å². The maximum absolute atomic E-state index is 4.15. The monoisotopic (exact) mass is 176 g/mol. The summed E-state index contributed by atoms with van der Waals surface area (Å²) in [6.45, 7) is 1.87. The van der Waals surface area contributed by atoms with Gasteiger partial charge in [-0.25, -0.2) is 4.98 Å². The molecule has 0 saturated heterocycles. The molecule has 13 heavy (non-hydrogen) atoms. The highest BCUT2D eigenvalue weighted by molar-refractivity contribution is 5.96. The molecule has 0 atom stereocenters. The molecule has 0 saturated carbocycles. The normalized spacial score (nSPS) is 11.9. The van der Waals surface area contributed by atoms with Crippen LogP contribution < -0.4 is 0 Å². The number of rotatable bonds is 2. The van der Waals surface area contributed by atoms with Gasteiger partial charge in [-0.1, -0.05) is 0 Å². The van der Waals surface area contributed by atoms with E-state index in [-0.39, 0.29) is 0 Å². The van der Waals surface area contributed by atoms with Gasteiger partial charge in [0.1, 0.15) is 12.7 Å². The third-order valence-corrected chi connectivity index (χ3v) is 1.55. The van der Waals surface area contributed by atoms with Gasteiger partial charge in [0.15, 0.2) is 0 Å². The van der Waals surface area contributed by atoms with Crippen LogP contribution in [0.5, 0.6) is 0 Å². The molecule has 0 bridgehead atoms. The lowest BCUT2D eigenvalue weighted by Gasteiger charge is -1.94. The highest BCUT2D eigenvalue weighted by Gasteiger charge is 1.97. The Morgan fingerprint density at radius 3 is 3.15 bits per heavy atom. The van der Waals surface area contributed by atoms with Gasteiger partial charge in [0.2, 0.25) is 0 Å². The highest BCUT2D eigenvalue weighted by atomic mass is 15.5. The Morgan fingerprint density at radius 2 is 2.54 bits per heavy atom. The van der Waals surface area contributed by atoms with Crippen LogP contribution in [-0.4, -0.2) is 30.8 Å². The van der Waals surface area contributed by atoms with Crippen molar-refractivity contribution in [1.29, 1.82) is 0 Å². The molecule has 0 fully saturated rings. The molecule has 0 radical (unpaired) electrons. The zero-order valence-electron chi connectivity index (χ0n) is 7.05. The van der Waals surface area contributed by atoms with E-state index in [1.165, 1.54) is 17.4 Å². The molecule has 2 aromatic heterocycles. The fraction of sp³-hybridized carbons (Fsp3) is 0.143. The third kappa shape index (κ3) is 1.61. The predicted octanol–water partition coefficient (Wildman–Crippen LogP) is 0.273. The smallest absolute Gasteiger partial charge is 0.139 e. The summed E-state index contributed by atoms with van der Waals surface area (Å²) >= 11 is 0. The molecule has 2 heterocycles. The van der Waals surface area contributed by atoms with Crippen molar-refractivity contribution in [3.8, 4) is 0 Å². The van der Waals surface area contributed by atoms with Crippen LogP contribution in [-0.2, 0) is 0 Å². The standard InChI is InChI=1S/C7H8N6/c1-6(7-2-3-9-11-7)12-13-5-8-4-10-13/h2-5H,1H3,(H,9,11)/b12-6-. The molecule has 0 amide bonds. The highest BCUT2D eigenvalue weighted by Crippen LogP contribution is 1.95. The van der Waals surface area contributed by atoms with E-state index in [4.69, 9.17) is 0 Å². The number of aromatic amines is 1. The predicted molar refractivity (Wildman–Crippen MR) is 46.2 cm³/mol. The average Bonchev–Trinajstić information content (AvgIpc) is 2.74. The van der Waals surface area contributed by atoms with Gasteiger partial charge in [0.25, 0.3) is 0 Å². The molecule has 0 spiro atoms. The van der Waals surface area contributed by atoms with Crippen LogP contribution in [0.2, 0.25) is 0 Å². The van der Waals surface area contributed by atoms with Crippen molar-refractivity contribution in [3.63, 3.8) is 0 Å². The van der Waals surface area contributed by atoms with Gasteiger partial charge in [-0.3, -0.25) is 5.10 Å². The Kier molecular flexibility index (Phi) is 1.87. The molecule has 6 nitrogen and oxygen atoms in total. The third-order valence-electron chi connectivity index (χ3n) is 1.55. The minimum atomic E-state index is 0.808. The van der Waals surface area contributed by atoms with Gasteiger partial charge < -0.3 is 0 Å². The van der Waals surface area contributed by atoms with Crippen LogP contribution in [0.15, 0.2) is 30.0 Å². The molecule has 0 aliphatic heterocycles. The number of hydrogen-bond acceptors (Lipinski definition) is 4. The Hall–Kier alpha value is -1.98. The summed E-state index contributed by atoms with van der Waals surface area (Å²) in [6.07, 6.45) is 4.64. The van der Waals surface area contributed by atoms with Gasteiger partial charge >= 0.3 is 0 Å². The summed E-state index contributed by atoms with van der Waals surface area (Å²) in [5.74, 6) is 0. The van der Waals surface area contributed by atoms with Gasteiger partial charge in [0, 0.05) is 6.20 Å². The fourth-order valence-corrected chi connectivity index (χ4v) is 0.919. The van der Waals surface area contributed by atoms with Crippen molar-refractivity contribution < 1.29 is 0 Å². The first kappa shape index (κ1) is 7.66.